The van der Waals surface area contributed by atoms with Crippen LogP contribution in [0.15, 0.2) is 24.3 Å². The summed E-state index contributed by atoms with van der Waals surface area (Å²) in [5, 5.41) is 13.2. The summed E-state index contributed by atoms with van der Waals surface area (Å²) in [5.74, 6) is 1.70. The van der Waals surface area contributed by atoms with E-state index in [0.29, 0.717) is 0 Å². The van der Waals surface area contributed by atoms with Crippen LogP contribution in [0.5, 0.6) is 0 Å². The average Bonchev–Trinajstić information content (AvgIpc) is 3.09. The van der Waals surface area contributed by atoms with Crippen LogP contribution < -0.4 is 5.32 Å². The molecule has 3 aromatic rings. The Balaban J connectivity index is 1.84. The fourth-order valence-electron chi connectivity index (χ4n) is 2.86. The number of nitrogens with zero attached hydrogens (tertiary/aromatic N) is 3. The van der Waals surface area contributed by atoms with Crippen LogP contribution in [0.25, 0.3) is 20.8 Å². The molecule has 0 fully saturated rings. The third-order valence-electron chi connectivity index (χ3n) is 3.93. The van der Waals surface area contributed by atoms with E-state index in [-0.39, 0.29) is 11.9 Å². The standard InChI is InChI=1S/C15H15FN4S/c1-2-11-14-18-19-15(20(14)6-5-17-11)13-7-9-3-4-10(16)8-12(9)21-13/h3-4,7-8,11,17H,2,5-6H2,1H3. The zero-order chi connectivity index (χ0) is 14.4. The Morgan fingerprint density at radius 2 is 2.29 bits per heavy atom. The lowest BCUT2D eigenvalue weighted by atomic mass is 10.2. The lowest BCUT2D eigenvalue weighted by Crippen LogP contribution is -2.33. The predicted octanol–water partition coefficient (Wildman–Crippen LogP) is 3.35. The van der Waals surface area contributed by atoms with Crippen LogP contribution in [0.2, 0.25) is 0 Å². The van der Waals surface area contributed by atoms with Gasteiger partial charge in [0.25, 0.3) is 0 Å². The summed E-state index contributed by atoms with van der Waals surface area (Å²) >= 11 is 1.57. The molecule has 1 atom stereocenters. The Kier molecular flexibility index (Phi) is 3.01. The second-order valence-corrected chi connectivity index (χ2v) is 6.32. The molecular formula is C15H15FN4S. The third kappa shape index (κ3) is 2.06. The van der Waals surface area contributed by atoms with Gasteiger partial charge in [-0.2, -0.15) is 0 Å². The van der Waals surface area contributed by atoms with Crippen LogP contribution >= 0.6 is 11.3 Å². The van der Waals surface area contributed by atoms with Gasteiger partial charge < -0.3 is 9.88 Å². The molecule has 1 unspecified atom stereocenters. The number of rotatable bonds is 2. The molecule has 1 aliphatic rings. The maximum Gasteiger partial charge on any atom is 0.174 e. The number of thiophene rings is 1. The number of fused-ring (bicyclic) bond motifs is 2. The first-order chi connectivity index (χ1) is 10.3. The van der Waals surface area contributed by atoms with Gasteiger partial charge in [-0.25, -0.2) is 4.39 Å². The molecule has 4 nitrogen and oxygen atoms in total. The number of aromatic nitrogens is 3. The fourth-order valence-corrected chi connectivity index (χ4v) is 3.94. The molecule has 0 amide bonds. The minimum atomic E-state index is -0.200. The van der Waals surface area contributed by atoms with Crippen molar-refractivity contribution >= 4 is 21.4 Å². The first kappa shape index (κ1) is 12.9. The van der Waals surface area contributed by atoms with E-state index in [1.165, 1.54) is 6.07 Å². The van der Waals surface area contributed by atoms with E-state index in [1.54, 1.807) is 17.4 Å². The van der Waals surface area contributed by atoms with E-state index in [9.17, 15) is 4.39 Å². The highest BCUT2D eigenvalue weighted by molar-refractivity contribution is 7.22. The van der Waals surface area contributed by atoms with Gasteiger partial charge in [0.2, 0.25) is 0 Å². The summed E-state index contributed by atoms with van der Waals surface area (Å²) in [6.45, 7) is 3.94. The van der Waals surface area contributed by atoms with Crippen LogP contribution in [-0.2, 0) is 6.54 Å². The minimum absolute atomic E-state index is 0.200. The summed E-state index contributed by atoms with van der Waals surface area (Å²) in [6, 6.07) is 7.23. The Morgan fingerprint density at radius 3 is 3.14 bits per heavy atom. The van der Waals surface area contributed by atoms with Gasteiger partial charge in [-0.15, -0.1) is 21.5 Å². The summed E-state index contributed by atoms with van der Waals surface area (Å²) < 4.78 is 16.5. The molecule has 0 aliphatic carbocycles. The van der Waals surface area contributed by atoms with Gasteiger partial charge >= 0.3 is 0 Å². The van der Waals surface area contributed by atoms with E-state index in [1.807, 2.05) is 6.07 Å². The molecule has 4 rings (SSSR count). The first-order valence-corrected chi connectivity index (χ1v) is 7.94. The van der Waals surface area contributed by atoms with Gasteiger partial charge in [-0.1, -0.05) is 13.0 Å². The number of nitrogens with one attached hydrogen (secondary N) is 1. The first-order valence-electron chi connectivity index (χ1n) is 7.12. The third-order valence-corrected chi connectivity index (χ3v) is 5.02. The molecule has 6 heteroatoms. The average molecular weight is 302 g/mol. The van der Waals surface area contributed by atoms with E-state index >= 15 is 0 Å². The van der Waals surface area contributed by atoms with Crippen molar-refractivity contribution in [3.8, 4) is 10.7 Å². The molecule has 108 valence electrons. The molecular weight excluding hydrogens is 287 g/mol. The van der Waals surface area contributed by atoms with E-state index in [0.717, 1.165) is 46.1 Å². The Labute approximate surface area is 125 Å². The Hall–Kier alpha value is -1.79. The van der Waals surface area contributed by atoms with Gasteiger partial charge in [0, 0.05) is 17.8 Å². The van der Waals surface area contributed by atoms with Crippen molar-refractivity contribution in [3.05, 3.63) is 35.9 Å². The predicted molar refractivity (Wildman–Crippen MR) is 81.8 cm³/mol. The van der Waals surface area contributed by atoms with Crippen molar-refractivity contribution in [2.45, 2.75) is 25.9 Å². The van der Waals surface area contributed by atoms with Gasteiger partial charge in [0.1, 0.15) is 5.82 Å². The second-order valence-electron chi connectivity index (χ2n) is 5.24. The Morgan fingerprint density at radius 1 is 1.38 bits per heavy atom. The van der Waals surface area contributed by atoms with Gasteiger partial charge in [0.15, 0.2) is 11.6 Å². The Bertz CT molecular complexity index is 807. The molecule has 0 saturated carbocycles. The van der Waals surface area contributed by atoms with Crippen LogP contribution in [0, 0.1) is 5.82 Å². The summed E-state index contributed by atoms with van der Waals surface area (Å²) in [4.78, 5) is 1.05. The number of hydrogen-bond donors (Lipinski definition) is 1. The van der Waals surface area contributed by atoms with Crippen molar-refractivity contribution < 1.29 is 4.39 Å². The molecule has 1 aliphatic heterocycles. The molecule has 1 N–H and O–H groups in total. The molecule has 2 aromatic heterocycles. The minimum Gasteiger partial charge on any atom is -0.308 e. The van der Waals surface area contributed by atoms with Crippen LogP contribution in [0.1, 0.15) is 25.2 Å². The van der Waals surface area contributed by atoms with Crippen LogP contribution in [-0.4, -0.2) is 21.3 Å². The highest BCUT2D eigenvalue weighted by atomic mass is 32.1. The van der Waals surface area contributed by atoms with Crippen molar-refractivity contribution in [2.75, 3.05) is 6.54 Å². The van der Waals surface area contributed by atoms with Crippen molar-refractivity contribution in [1.82, 2.24) is 20.1 Å². The molecule has 3 heterocycles. The largest absolute Gasteiger partial charge is 0.308 e. The molecule has 21 heavy (non-hydrogen) atoms. The molecule has 0 saturated heterocycles. The molecule has 0 radical (unpaired) electrons. The highest BCUT2D eigenvalue weighted by Crippen LogP contribution is 2.34. The van der Waals surface area contributed by atoms with E-state index in [2.05, 4.69) is 33.1 Å². The van der Waals surface area contributed by atoms with Crippen molar-refractivity contribution in [3.63, 3.8) is 0 Å². The second kappa shape index (κ2) is 4.89. The SMILES string of the molecule is CCC1NCCn2c(-c3cc4ccc(F)cc4s3)nnc21. The lowest BCUT2D eigenvalue weighted by molar-refractivity contribution is 0.407. The lowest BCUT2D eigenvalue weighted by Gasteiger charge is -2.23. The molecule has 1 aromatic carbocycles. The highest BCUT2D eigenvalue weighted by Gasteiger charge is 2.24. The monoisotopic (exact) mass is 302 g/mol. The topological polar surface area (TPSA) is 42.7 Å². The van der Waals surface area contributed by atoms with Crippen molar-refractivity contribution in [2.24, 2.45) is 0 Å². The van der Waals surface area contributed by atoms with Gasteiger partial charge in [-0.05, 0) is 30.0 Å². The van der Waals surface area contributed by atoms with Gasteiger partial charge in [0.05, 0.1) is 10.9 Å². The summed E-state index contributed by atoms with van der Waals surface area (Å²) in [7, 11) is 0. The fraction of sp³-hybridized carbons (Fsp3) is 0.333. The van der Waals surface area contributed by atoms with Crippen molar-refractivity contribution in [1.29, 1.82) is 0 Å². The number of hydrogen-bond acceptors (Lipinski definition) is 4. The summed E-state index contributed by atoms with van der Waals surface area (Å²) in [5.41, 5.74) is 0. The molecule has 0 spiro atoms. The zero-order valence-corrected chi connectivity index (χ0v) is 12.5. The van der Waals surface area contributed by atoms with Crippen LogP contribution in [0.3, 0.4) is 0 Å². The number of benzene rings is 1. The quantitative estimate of drug-likeness (QED) is 0.789. The molecule has 0 bridgehead atoms. The van der Waals surface area contributed by atoms with Gasteiger partial charge in [-0.3, -0.25) is 0 Å². The normalized spacial score (nSPS) is 18.1. The van der Waals surface area contributed by atoms with E-state index in [4.69, 9.17) is 0 Å². The number of halogens is 1. The maximum atomic E-state index is 13.3. The maximum absolute atomic E-state index is 13.3. The zero-order valence-electron chi connectivity index (χ0n) is 11.6. The smallest absolute Gasteiger partial charge is 0.174 e. The van der Waals surface area contributed by atoms with Crippen LogP contribution in [0.4, 0.5) is 4.39 Å². The summed E-state index contributed by atoms with van der Waals surface area (Å²) in [6.07, 6.45) is 0.996. The van der Waals surface area contributed by atoms with E-state index < -0.39 is 0 Å².